The number of carbonyl (C=O) groups excluding carboxylic acids is 1. The van der Waals surface area contributed by atoms with Crippen LogP contribution in [0, 0.1) is 29.3 Å². The molecule has 4 N–H and O–H groups in total. The van der Waals surface area contributed by atoms with E-state index < -0.39 is 50.2 Å². The van der Waals surface area contributed by atoms with Crippen LogP contribution in [0.5, 0.6) is 0 Å². The second-order valence-electron chi connectivity index (χ2n) is 9.93. The van der Waals surface area contributed by atoms with Crippen molar-refractivity contribution in [1.82, 2.24) is 5.32 Å². The number of halogens is 4. The van der Waals surface area contributed by atoms with Gasteiger partial charge in [-0.2, -0.15) is 0 Å². The minimum absolute atomic E-state index is 0.0813. The van der Waals surface area contributed by atoms with E-state index in [1.54, 1.807) is 6.92 Å². The maximum Gasteiger partial charge on any atom is 0.255 e. The first kappa shape index (κ1) is 27.8. The van der Waals surface area contributed by atoms with Gasteiger partial charge in [0.15, 0.2) is 27.3 Å². The molecule has 2 aromatic rings. The van der Waals surface area contributed by atoms with E-state index in [0.717, 1.165) is 6.07 Å². The lowest BCUT2D eigenvalue weighted by atomic mass is 9.74. The van der Waals surface area contributed by atoms with Crippen LogP contribution in [-0.2, 0) is 9.84 Å². The predicted octanol–water partition coefficient (Wildman–Crippen LogP) is 3.67. The maximum absolute atomic E-state index is 13.6. The number of sulfone groups is 1. The monoisotopic (exact) mass is 560 g/mol. The molecule has 2 fully saturated rings. The second-order valence-corrected chi connectivity index (χ2v) is 12.5. The zero-order valence-electron chi connectivity index (χ0n) is 20.0. The quantitative estimate of drug-likeness (QED) is 0.366. The van der Waals surface area contributed by atoms with Gasteiger partial charge in [-0.1, -0.05) is 11.6 Å². The average molecular weight is 561 g/mol. The molecule has 2 saturated carbocycles. The van der Waals surface area contributed by atoms with Gasteiger partial charge in [-0.15, -0.1) is 0 Å². The summed E-state index contributed by atoms with van der Waals surface area (Å²) in [6.07, 6.45) is 1.19. The summed E-state index contributed by atoms with van der Waals surface area (Å²) in [6, 6.07) is 4.85. The minimum atomic E-state index is -4.00. The summed E-state index contributed by atoms with van der Waals surface area (Å²) >= 11 is 6.23. The van der Waals surface area contributed by atoms with Crippen molar-refractivity contribution in [3.8, 4) is 0 Å². The Morgan fingerprint density at radius 2 is 1.73 bits per heavy atom. The smallest absolute Gasteiger partial charge is 0.255 e. The number of benzene rings is 2. The molecule has 202 valence electrons. The Labute approximate surface area is 217 Å². The van der Waals surface area contributed by atoms with E-state index in [2.05, 4.69) is 10.6 Å². The molecule has 4 unspecified atom stereocenters. The van der Waals surface area contributed by atoms with Gasteiger partial charge >= 0.3 is 0 Å². The molecule has 0 saturated heterocycles. The van der Waals surface area contributed by atoms with Gasteiger partial charge in [0.05, 0.1) is 26.9 Å². The van der Waals surface area contributed by atoms with Crippen molar-refractivity contribution in [2.45, 2.75) is 54.5 Å². The van der Waals surface area contributed by atoms with Crippen LogP contribution in [0.1, 0.15) is 43.0 Å². The number of amides is 1. The third kappa shape index (κ3) is 5.51. The van der Waals surface area contributed by atoms with Crippen LogP contribution in [0.3, 0.4) is 0 Å². The second kappa shape index (κ2) is 10.5. The van der Waals surface area contributed by atoms with Crippen LogP contribution in [0.2, 0.25) is 5.02 Å². The molecule has 2 aromatic carbocycles. The van der Waals surface area contributed by atoms with Gasteiger partial charge in [0.2, 0.25) is 0 Å². The molecule has 0 aliphatic heterocycles. The van der Waals surface area contributed by atoms with Crippen molar-refractivity contribution in [3.05, 3.63) is 58.4 Å². The van der Waals surface area contributed by atoms with E-state index in [1.165, 1.54) is 12.1 Å². The molecule has 0 spiro atoms. The standard InChI is InChI=1S/C25H28ClF3N2O5S/c1-13(32)11-30-12-25(34)15-3-4-16(25)8-18(7-15)37(35,36)22-6-14(2-5-19(22)26)24(33)31-17-9-20(27)23(29)21(28)10-17/h2,5-6,9-10,13,15-16,18,30,32,34H,3-4,7-8,11-12H2,1H3,(H,31,33)/t13?,15-,16?,18?,25?/m0/s1. The van der Waals surface area contributed by atoms with Gasteiger partial charge in [0, 0.05) is 36.5 Å². The van der Waals surface area contributed by atoms with E-state index in [1.807, 2.05) is 0 Å². The van der Waals surface area contributed by atoms with E-state index in [4.69, 9.17) is 11.6 Å². The van der Waals surface area contributed by atoms with Crippen molar-refractivity contribution in [2.24, 2.45) is 11.8 Å². The molecule has 37 heavy (non-hydrogen) atoms. The van der Waals surface area contributed by atoms with Crippen LogP contribution >= 0.6 is 11.6 Å². The lowest BCUT2D eigenvalue weighted by molar-refractivity contribution is -0.0572. The minimum Gasteiger partial charge on any atom is -0.392 e. The number of nitrogens with one attached hydrogen (secondary N) is 2. The summed E-state index contributed by atoms with van der Waals surface area (Å²) in [6.45, 7) is 2.19. The van der Waals surface area contributed by atoms with Gasteiger partial charge in [-0.05, 0) is 62.6 Å². The first-order valence-electron chi connectivity index (χ1n) is 11.9. The van der Waals surface area contributed by atoms with Crippen LogP contribution in [0.4, 0.5) is 18.9 Å². The molecule has 12 heteroatoms. The molecule has 5 atom stereocenters. The number of hydrogen-bond acceptors (Lipinski definition) is 6. The summed E-state index contributed by atoms with van der Waals surface area (Å²) in [4.78, 5) is 12.4. The normalized spacial score (nSPS) is 26.2. The topological polar surface area (TPSA) is 116 Å². The first-order valence-corrected chi connectivity index (χ1v) is 13.9. The number of anilines is 1. The molecular formula is C25H28ClF3N2O5S. The van der Waals surface area contributed by atoms with E-state index in [9.17, 15) is 36.6 Å². The Hall–Kier alpha value is -2.18. The fraction of sp³-hybridized carbons (Fsp3) is 0.480. The Kier molecular flexibility index (Phi) is 7.92. The van der Waals surface area contributed by atoms with Crippen molar-refractivity contribution in [2.75, 3.05) is 18.4 Å². The molecule has 2 aliphatic rings. The highest BCUT2D eigenvalue weighted by Gasteiger charge is 2.55. The third-order valence-corrected chi connectivity index (χ3v) is 10.1. The fourth-order valence-corrected chi connectivity index (χ4v) is 7.91. The highest BCUT2D eigenvalue weighted by Crippen LogP contribution is 2.52. The first-order chi connectivity index (χ1) is 17.3. The van der Waals surface area contributed by atoms with E-state index in [-0.39, 0.29) is 52.4 Å². The van der Waals surface area contributed by atoms with Crippen molar-refractivity contribution < 1.29 is 36.6 Å². The lowest BCUT2D eigenvalue weighted by Crippen LogP contribution is -2.54. The Balaban J connectivity index is 1.53. The number of rotatable bonds is 8. The summed E-state index contributed by atoms with van der Waals surface area (Å²) in [5.74, 6) is -6.03. The highest BCUT2D eigenvalue weighted by atomic mass is 35.5. The summed E-state index contributed by atoms with van der Waals surface area (Å²) in [5.41, 5.74) is -1.54. The lowest BCUT2D eigenvalue weighted by Gasteiger charge is -2.42. The maximum atomic E-state index is 13.6. The predicted molar refractivity (Wildman–Crippen MR) is 132 cm³/mol. The summed E-state index contributed by atoms with van der Waals surface area (Å²) < 4.78 is 67.4. The van der Waals surface area contributed by atoms with Gasteiger partial charge < -0.3 is 20.8 Å². The zero-order valence-corrected chi connectivity index (χ0v) is 21.6. The van der Waals surface area contributed by atoms with Gasteiger partial charge in [0.1, 0.15) is 0 Å². The third-order valence-electron chi connectivity index (χ3n) is 7.40. The molecule has 0 aromatic heterocycles. The van der Waals surface area contributed by atoms with Crippen LogP contribution in [0.15, 0.2) is 35.2 Å². The fourth-order valence-electron chi connectivity index (χ4n) is 5.51. The van der Waals surface area contributed by atoms with Gasteiger partial charge in [0.25, 0.3) is 5.91 Å². The van der Waals surface area contributed by atoms with Gasteiger partial charge in [-0.3, -0.25) is 4.79 Å². The molecule has 0 radical (unpaired) electrons. The average Bonchev–Trinajstić information content (AvgIpc) is 2.98. The van der Waals surface area contributed by atoms with Crippen molar-refractivity contribution >= 4 is 33.0 Å². The molecule has 2 aliphatic carbocycles. The molecule has 0 heterocycles. The SMILES string of the molecule is CC(O)CNCC1(O)C2CC[C@H]1CC(S(=O)(=O)c1cc(C(=O)Nc3cc(F)c(F)c(F)c3)ccc1Cl)C2. The Morgan fingerprint density at radius 1 is 1.14 bits per heavy atom. The molecule has 2 bridgehead atoms. The number of fused-ring (bicyclic) bond motifs is 2. The van der Waals surface area contributed by atoms with Crippen LogP contribution in [0.25, 0.3) is 0 Å². The van der Waals surface area contributed by atoms with Crippen LogP contribution < -0.4 is 10.6 Å². The Morgan fingerprint density at radius 3 is 2.30 bits per heavy atom. The number of hydrogen-bond donors (Lipinski definition) is 4. The highest BCUT2D eigenvalue weighted by molar-refractivity contribution is 7.92. The molecular weight excluding hydrogens is 533 g/mol. The summed E-state index contributed by atoms with van der Waals surface area (Å²) in [5, 5.41) is 25.2. The number of carbonyl (C=O) groups is 1. The van der Waals surface area contributed by atoms with Crippen LogP contribution in [-0.4, -0.2) is 54.6 Å². The summed E-state index contributed by atoms with van der Waals surface area (Å²) in [7, 11) is -4.00. The van der Waals surface area contributed by atoms with Crippen molar-refractivity contribution in [1.29, 1.82) is 0 Å². The molecule has 7 nitrogen and oxygen atoms in total. The number of aliphatic hydroxyl groups is 2. The van der Waals surface area contributed by atoms with E-state index >= 15 is 0 Å². The molecule has 4 rings (SSSR count). The van der Waals surface area contributed by atoms with Crippen molar-refractivity contribution in [3.63, 3.8) is 0 Å². The zero-order chi connectivity index (χ0) is 27.1. The van der Waals surface area contributed by atoms with E-state index in [0.29, 0.717) is 31.5 Å². The molecule has 1 amide bonds. The number of aliphatic hydroxyl groups excluding tert-OH is 1. The largest absolute Gasteiger partial charge is 0.392 e. The Bertz CT molecular complexity index is 1270. The van der Waals surface area contributed by atoms with Gasteiger partial charge in [-0.25, -0.2) is 21.6 Å².